The lowest BCUT2D eigenvalue weighted by Gasteiger charge is -2.17. The first-order valence-corrected chi connectivity index (χ1v) is 7.46. The highest BCUT2D eigenvalue weighted by atomic mass is 35.5. The Hall–Kier alpha value is -1.34. The van der Waals surface area contributed by atoms with Gasteiger partial charge in [0.25, 0.3) is 0 Å². The van der Waals surface area contributed by atoms with Crippen LogP contribution < -0.4 is 0 Å². The topological polar surface area (TPSA) is 85.7 Å². The Morgan fingerprint density at radius 1 is 0.636 bits per heavy atom. The molecule has 0 radical (unpaired) electrons. The van der Waals surface area contributed by atoms with Crippen molar-refractivity contribution in [2.45, 2.75) is 13.8 Å². The van der Waals surface area contributed by atoms with Crippen LogP contribution in [0.15, 0.2) is 0 Å². The SMILES string of the molecule is CC.O=C1C(=O)c2c(Cl)nc(Cl)nc2-c2nc(Cl)nc(Cl)c21. The van der Waals surface area contributed by atoms with Gasteiger partial charge in [-0.15, -0.1) is 0 Å². The lowest BCUT2D eigenvalue weighted by atomic mass is 9.92. The van der Waals surface area contributed by atoms with Crippen molar-refractivity contribution >= 4 is 58.0 Å². The molecule has 10 heteroatoms. The molecule has 1 aliphatic rings. The second kappa shape index (κ2) is 6.42. The zero-order valence-electron chi connectivity index (χ0n) is 11.1. The molecule has 0 amide bonds. The molecule has 0 atom stereocenters. The molecule has 114 valence electrons. The number of carbonyl (C=O) groups excluding carboxylic acids is 2. The van der Waals surface area contributed by atoms with Gasteiger partial charge in [-0.2, -0.15) is 0 Å². The Bertz CT molecular complexity index is 743. The van der Waals surface area contributed by atoms with Crippen molar-refractivity contribution < 1.29 is 9.59 Å². The minimum Gasteiger partial charge on any atom is -0.285 e. The summed E-state index contributed by atoms with van der Waals surface area (Å²) < 4.78 is 0. The number of halogens is 4. The Morgan fingerprint density at radius 2 is 0.955 bits per heavy atom. The van der Waals surface area contributed by atoms with E-state index in [1.165, 1.54) is 0 Å². The van der Waals surface area contributed by atoms with E-state index in [4.69, 9.17) is 46.4 Å². The molecule has 0 saturated carbocycles. The van der Waals surface area contributed by atoms with Crippen molar-refractivity contribution in [3.8, 4) is 11.4 Å². The van der Waals surface area contributed by atoms with Gasteiger partial charge in [-0.25, -0.2) is 19.9 Å². The highest BCUT2D eigenvalue weighted by molar-refractivity contribution is 6.57. The summed E-state index contributed by atoms with van der Waals surface area (Å²) >= 11 is 23.1. The molecule has 1 aliphatic carbocycles. The maximum absolute atomic E-state index is 12.0. The monoisotopic (exact) mass is 378 g/mol. The van der Waals surface area contributed by atoms with Crippen LogP contribution >= 0.6 is 46.4 Å². The van der Waals surface area contributed by atoms with Gasteiger partial charge < -0.3 is 0 Å². The number of fused-ring (bicyclic) bond motifs is 3. The first kappa shape index (κ1) is 17.0. The van der Waals surface area contributed by atoms with Crippen molar-refractivity contribution in [2.75, 3.05) is 0 Å². The molecular formula is C12H6Cl4N4O2. The van der Waals surface area contributed by atoms with E-state index in [0.717, 1.165) is 0 Å². The molecule has 0 saturated heterocycles. The average Bonchev–Trinajstić information content (AvgIpc) is 2.45. The zero-order valence-corrected chi connectivity index (χ0v) is 14.1. The number of ketones is 2. The number of rotatable bonds is 0. The van der Waals surface area contributed by atoms with E-state index in [1.54, 1.807) is 0 Å². The minimum atomic E-state index is -0.901. The van der Waals surface area contributed by atoms with E-state index >= 15 is 0 Å². The molecule has 0 fully saturated rings. The molecule has 2 aromatic rings. The third kappa shape index (κ3) is 2.67. The Balaban J connectivity index is 0.000000847. The Kier molecular flexibility index (Phi) is 4.97. The molecule has 22 heavy (non-hydrogen) atoms. The molecule has 0 bridgehead atoms. The average molecular weight is 380 g/mol. The highest BCUT2D eigenvalue weighted by Crippen LogP contribution is 2.37. The summed E-state index contributed by atoms with van der Waals surface area (Å²) in [7, 11) is 0. The van der Waals surface area contributed by atoms with E-state index in [9.17, 15) is 9.59 Å². The van der Waals surface area contributed by atoms with Gasteiger partial charge in [0.15, 0.2) is 0 Å². The lowest BCUT2D eigenvalue weighted by Crippen LogP contribution is -2.25. The van der Waals surface area contributed by atoms with E-state index in [0.29, 0.717) is 0 Å². The standard InChI is InChI=1S/C10Cl4N4O2.C2H6/c11-7-1-3(15-9(13)17-7)4-2(6(20)5(1)19)8(12)18-10(14)16-4;1-2/h;1-2H3. The van der Waals surface area contributed by atoms with Crippen LogP contribution in [-0.4, -0.2) is 31.5 Å². The largest absolute Gasteiger partial charge is 0.285 e. The molecule has 0 aliphatic heterocycles. The van der Waals surface area contributed by atoms with Gasteiger partial charge in [-0.05, 0) is 23.2 Å². The number of hydrogen-bond acceptors (Lipinski definition) is 6. The smallest absolute Gasteiger partial charge is 0.239 e. The van der Waals surface area contributed by atoms with Gasteiger partial charge >= 0.3 is 0 Å². The van der Waals surface area contributed by atoms with Crippen molar-refractivity contribution in [1.29, 1.82) is 0 Å². The van der Waals surface area contributed by atoms with Crippen LogP contribution in [0, 0.1) is 0 Å². The van der Waals surface area contributed by atoms with Gasteiger partial charge in [0, 0.05) is 0 Å². The van der Waals surface area contributed by atoms with Crippen LogP contribution in [-0.2, 0) is 0 Å². The molecule has 0 unspecified atom stereocenters. The predicted molar refractivity (Wildman–Crippen MR) is 83.1 cm³/mol. The van der Waals surface area contributed by atoms with Gasteiger partial charge in [-0.1, -0.05) is 37.0 Å². The fourth-order valence-corrected chi connectivity index (χ4v) is 2.72. The number of hydrogen-bond donors (Lipinski definition) is 0. The zero-order chi connectivity index (χ0) is 16.6. The normalized spacial score (nSPS) is 12.3. The van der Waals surface area contributed by atoms with Crippen molar-refractivity contribution in [1.82, 2.24) is 19.9 Å². The third-order valence-electron chi connectivity index (χ3n) is 2.56. The molecule has 0 N–H and O–H groups in total. The van der Waals surface area contributed by atoms with Gasteiger partial charge in [0.05, 0.1) is 11.1 Å². The first-order chi connectivity index (χ1) is 10.4. The fraction of sp³-hybridized carbons (Fsp3) is 0.167. The van der Waals surface area contributed by atoms with E-state index in [2.05, 4.69) is 19.9 Å². The summed E-state index contributed by atoms with van der Waals surface area (Å²) in [5.74, 6) is -1.80. The minimum absolute atomic E-state index is 0.000741. The maximum Gasteiger partial charge on any atom is 0.239 e. The maximum atomic E-state index is 12.0. The summed E-state index contributed by atoms with van der Waals surface area (Å²) in [5.41, 5.74) is -0.361. The van der Waals surface area contributed by atoms with Crippen LogP contribution in [0.1, 0.15) is 34.6 Å². The second-order valence-electron chi connectivity index (χ2n) is 3.67. The summed E-state index contributed by atoms with van der Waals surface area (Å²) in [4.78, 5) is 39.1. The van der Waals surface area contributed by atoms with Crippen LogP contribution in [0.2, 0.25) is 20.9 Å². The summed E-state index contributed by atoms with van der Waals surface area (Å²) in [6.07, 6.45) is 0. The van der Waals surface area contributed by atoms with E-state index in [1.807, 2.05) is 13.8 Å². The molecule has 0 aromatic carbocycles. The summed E-state index contributed by atoms with van der Waals surface area (Å²) in [6.45, 7) is 4.00. The Morgan fingerprint density at radius 3 is 1.27 bits per heavy atom. The second-order valence-corrected chi connectivity index (χ2v) is 5.06. The first-order valence-electron chi connectivity index (χ1n) is 5.95. The van der Waals surface area contributed by atoms with Crippen molar-refractivity contribution in [3.63, 3.8) is 0 Å². The molecular weight excluding hydrogens is 374 g/mol. The highest BCUT2D eigenvalue weighted by Gasteiger charge is 2.38. The van der Waals surface area contributed by atoms with Crippen molar-refractivity contribution in [3.05, 3.63) is 32.0 Å². The van der Waals surface area contributed by atoms with Gasteiger partial charge in [0.2, 0.25) is 22.1 Å². The van der Waals surface area contributed by atoms with Crippen LogP contribution in [0.3, 0.4) is 0 Å². The van der Waals surface area contributed by atoms with Crippen LogP contribution in [0.4, 0.5) is 0 Å². The number of nitrogens with zero attached hydrogens (tertiary/aromatic N) is 4. The molecule has 2 aromatic heterocycles. The molecule has 3 rings (SSSR count). The lowest BCUT2D eigenvalue weighted by molar-refractivity contribution is 0.0814. The number of Topliss-reactive ketones (excluding diaryl/α,β-unsaturated/α-hetero) is 2. The van der Waals surface area contributed by atoms with Crippen molar-refractivity contribution in [2.24, 2.45) is 0 Å². The van der Waals surface area contributed by atoms with Gasteiger partial charge in [0.1, 0.15) is 21.7 Å². The quantitative estimate of drug-likeness (QED) is 0.391. The number of carbonyl (C=O) groups is 2. The van der Waals surface area contributed by atoms with Crippen LogP contribution in [0.25, 0.3) is 11.4 Å². The van der Waals surface area contributed by atoms with E-state index < -0.39 is 11.6 Å². The van der Waals surface area contributed by atoms with Crippen LogP contribution in [0.5, 0.6) is 0 Å². The molecule has 0 spiro atoms. The summed E-state index contributed by atoms with van der Waals surface area (Å²) in [5, 5.41) is -0.884. The third-order valence-corrected chi connectivity index (χ3v) is 3.44. The Labute approximate surface area is 144 Å². The number of aromatic nitrogens is 4. The van der Waals surface area contributed by atoms with Gasteiger partial charge in [-0.3, -0.25) is 9.59 Å². The molecule has 2 heterocycles. The predicted octanol–water partition coefficient (Wildman–Crippen LogP) is 3.95. The molecule has 6 nitrogen and oxygen atoms in total. The van der Waals surface area contributed by atoms with E-state index in [-0.39, 0.29) is 43.4 Å². The fourth-order valence-electron chi connectivity index (χ4n) is 1.79. The summed E-state index contributed by atoms with van der Waals surface area (Å²) in [6, 6.07) is 0.